The maximum Gasteiger partial charge on any atom is 0.134 e. The molecule has 0 aromatic heterocycles. The first-order valence-corrected chi connectivity index (χ1v) is 7.30. The maximum absolute atomic E-state index is 9.88. The lowest BCUT2D eigenvalue weighted by Gasteiger charge is -2.17. The normalized spacial score (nSPS) is 23.4. The van der Waals surface area contributed by atoms with Gasteiger partial charge in [0, 0.05) is 25.3 Å². The summed E-state index contributed by atoms with van der Waals surface area (Å²) in [6, 6.07) is 5.72. The van der Waals surface area contributed by atoms with E-state index in [2.05, 4.69) is 28.2 Å². The quantitative estimate of drug-likeness (QED) is 0.878. The van der Waals surface area contributed by atoms with Crippen LogP contribution in [-0.2, 0) is 11.3 Å². The van der Waals surface area contributed by atoms with Gasteiger partial charge in [-0.1, -0.05) is 19.1 Å². The molecule has 2 unspecified atom stereocenters. The zero-order chi connectivity index (χ0) is 13.0. The predicted molar refractivity (Wildman–Crippen MR) is 75.7 cm³/mol. The first-order chi connectivity index (χ1) is 8.72. The lowest BCUT2D eigenvalue weighted by Crippen LogP contribution is -2.27. The van der Waals surface area contributed by atoms with Gasteiger partial charge in [-0.2, -0.15) is 0 Å². The molecule has 0 spiro atoms. The molecule has 4 heteroatoms. The highest BCUT2D eigenvalue weighted by atomic mass is 79.9. The van der Waals surface area contributed by atoms with Gasteiger partial charge in [-0.05, 0) is 40.8 Å². The van der Waals surface area contributed by atoms with Gasteiger partial charge in [0.15, 0.2) is 0 Å². The fraction of sp³-hybridized carbons (Fsp3) is 0.571. The fourth-order valence-corrected chi connectivity index (χ4v) is 2.88. The molecule has 0 amide bonds. The first-order valence-electron chi connectivity index (χ1n) is 6.51. The average Bonchev–Trinajstić information content (AvgIpc) is 2.82. The van der Waals surface area contributed by atoms with Gasteiger partial charge in [-0.25, -0.2) is 0 Å². The molecule has 1 heterocycles. The van der Waals surface area contributed by atoms with Crippen molar-refractivity contribution in [3.8, 4) is 5.75 Å². The highest BCUT2D eigenvalue weighted by molar-refractivity contribution is 9.10. The fourth-order valence-electron chi connectivity index (χ4n) is 2.47. The smallest absolute Gasteiger partial charge is 0.134 e. The van der Waals surface area contributed by atoms with Gasteiger partial charge in [-0.15, -0.1) is 0 Å². The van der Waals surface area contributed by atoms with E-state index in [9.17, 15) is 5.11 Å². The summed E-state index contributed by atoms with van der Waals surface area (Å²) in [5, 5.41) is 13.3. The van der Waals surface area contributed by atoms with E-state index in [1.54, 1.807) is 0 Å². The number of halogens is 1. The molecular weight excluding hydrogens is 294 g/mol. The molecule has 0 bridgehead atoms. The Kier molecular flexibility index (Phi) is 5.03. The van der Waals surface area contributed by atoms with Gasteiger partial charge in [0.2, 0.25) is 0 Å². The standard InChI is InChI=1S/C14H20BrNO2/c1-2-13-10(6-7-18-13)8-16-9-11-4-3-5-12(15)14(11)17/h3-5,10,13,16-17H,2,6-9H2,1H3. The minimum atomic E-state index is 0.333. The second kappa shape index (κ2) is 6.55. The van der Waals surface area contributed by atoms with E-state index in [1.165, 1.54) is 0 Å². The Bertz CT molecular complexity index is 397. The number of aromatic hydroxyl groups is 1. The Morgan fingerprint density at radius 1 is 1.50 bits per heavy atom. The summed E-state index contributed by atoms with van der Waals surface area (Å²) in [5.74, 6) is 0.934. The van der Waals surface area contributed by atoms with E-state index in [0.29, 0.717) is 24.3 Å². The van der Waals surface area contributed by atoms with E-state index in [-0.39, 0.29) is 0 Å². The molecular formula is C14H20BrNO2. The summed E-state index contributed by atoms with van der Waals surface area (Å²) in [6.45, 7) is 4.69. The number of phenols is 1. The van der Waals surface area contributed by atoms with Gasteiger partial charge >= 0.3 is 0 Å². The minimum absolute atomic E-state index is 0.333. The van der Waals surface area contributed by atoms with Crippen LogP contribution in [0, 0.1) is 5.92 Å². The number of nitrogens with one attached hydrogen (secondary N) is 1. The topological polar surface area (TPSA) is 41.5 Å². The average molecular weight is 314 g/mol. The Labute approximate surface area is 117 Å². The highest BCUT2D eigenvalue weighted by Crippen LogP contribution is 2.27. The molecule has 1 aliphatic heterocycles. The van der Waals surface area contributed by atoms with Gasteiger partial charge in [0.1, 0.15) is 5.75 Å². The number of para-hydroxylation sites is 1. The second-order valence-electron chi connectivity index (χ2n) is 4.74. The third-order valence-electron chi connectivity index (χ3n) is 3.54. The van der Waals surface area contributed by atoms with Crippen molar-refractivity contribution in [1.82, 2.24) is 5.32 Å². The van der Waals surface area contributed by atoms with E-state index in [4.69, 9.17) is 4.74 Å². The highest BCUT2D eigenvalue weighted by Gasteiger charge is 2.25. The van der Waals surface area contributed by atoms with Crippen molar-refractivity contribution in [1.29, 1.82) is 0 Å². The number of ether oxygens (including phenoxy) is 1. The molecule has 0 saturated carbocycles. The maximum atomic E-state index is 9.88. The number of hydrogen-bond acceptors (Lipinski definition) is 3. The molecule has 18 heavy (non-hydrogen) atoms. The van der Waals surface area contributed by atoms with Crippen molar-refractivity contribution in [2.45, 2.75) is 32.4 Å². The van der Waals surface area contributed by atoms with Crippen LogP contribution in [0.15, 0.2) is 22.7 Å². The molecule has 1 saturated heterocycles. The van der Waals surface area contributed by atoms with Crippen LogP contribution in [0.3, 0.4) is 0 Å². The van der Waals surface area contributed by atoms with Crippen molar-refractivity contribution >= 4 is 15.9 Å². The third kappa shape index (κ3) is 3.25. The third-order valence-corrected chi connectivity index (χ3v) is 4.18. The Balaban J connectivity index is 1.83. The Morgan fingerprint density at radius 3 is 3.11 bits per heavy atom. The molecule has 1 aromatic carbocycles. The summed E-state index contributed by atoms with van der Waals surface area (Å²) in [7, 11) is 0. The van der Waals surface area contributed by atoms with Crippen molar-refractivity contribution in [2.24, 2.45) is 5.92 Å². The van der Waals surface area contributed by atoms with E-state index < -0.39 is 0 Å². The number of rotatable bonds is 5. The van der Waals surface area contributed by atoms with Crippen LogP contribution in [-0.4, -0.2) is 24.4 Å². The van der Waals surface area contributed by atoms with Crippen LogP contribution in [0.5, 0.6) is 5.75 Å². The van der Waals surface area contributed by atoms with Crippen LogP contribution in [0.1, 0.15) is 25.3 Å². The van der Waals surface area contributed by atoms with E-state index in [1.807, 2.05) is 18.2 Å². The molecule has 2 N–H and O–H groups in total. The molecule has 2 rings (SSSR count). The molecule has 0 aliphatic carbocycles. The zero-order valence-corrected chi connectivity index (χ0v) is 12.2. The summed E-state index contributed by atoms with van der Waals surface area (Å²) in [4.78, 5) is 0. The van der Waals surface area contributed by atoms with Gasteiger partial charge in [0.25, 0.3) is 0 Å². The van der Waals surface area contributed by atoms with Crippen LogP contribution in [0.4, 0.5) is 0 Å². The van der Waals surface area contributed by atoms with Gasteiger partial charge in [0.05, 0.1) is 10.6 Å². The number of phenolic OH excluding ortho intramolecular Hbond substituents is 1. The first kappa shape index (κ1) is 13.8. The van der Waals surface area contributed by atoms with Crippen LogP contribution < -0.4 is 5.32 Å². The zero-order valence-electron chi connectivity index (χ0n) is 10.7. The van der Waals surface area contributed by atoms with Crippen molar-refractivity contribution in [2.75, 3.05) is 13.2 Å². The molecule has 1 aromatic rings. The van der Waals surface area contributed by atoms with Crippen molar-refractivity contribution in [3.63, 3.8) is 0 Å². The van der Waals surface area contributed by atoms with E-state index in [0.717, 1.165) is 36.0 Å². The molecule has 2 atom stereocenters. The Hall–Kier alpha value is -0.580. The lowest BCUT2D eigenvalue weighted by molar-refractivity contribution is 0.0872. The number of hydrogen-bond donors (Lipinski definition) is 2. The SMILES string of the molecule is CCC1OCCC1CNCc1cccc(Br)c1O. The predicted octanol–water partition coefficient (Wildman–Crippen LogP) is 3.06. The van der Waals surface area contributed by atoms with Crippen LogP contribution in [0.25, 0.3) is 0 Å². The Morgan fingerprint density at radius 2 is 2.33 bits per heavy atom. The monoisotopic (exact) mass is 313 g/mol. The number of benzene rings is 1. The van der Waals surface area contributed by atoms with E-state index >= 15 is 0 Å². The van der Waals surface area contributed by atoms with Crippen LogP contribution in [0.2, 0.25) is 0 Å². The molecule has 0 radical (unpaired) electrons. The largest absolute Gasteiger partial charge is 0.506 e. The summed E-state index contributed by atoms with van der Waals surface area (Å²) >= 11 is 3.33. The molecule has 100 valence electrons. The molecule has 1 aliphatic rings. The van der Waals surface area contributed by atoms with Crippen LogP contribution >= 0.6 is 15.9 Å². The van der Waals surface area contributed by atoms with Crippen molar-refractivity contribution < 1.29 is 9.84 Å². The van der Waals surface area contributed by atoms with Gasteiger partial charge < -0.3 is 15.2 Å². The lowest BCUT2D eigenvalue weighted by atomic mass is 9.99. The molecule has 1 fully saturated rings. The van der Waals surface area contributed by atoms with Gasteiger partial charge in [-0.3, -0.25) is 0 Å². The van der Waals surface area contributed by atoms with Crippen molar-refractivity contribution in [3.05, 3.63) is 28.2 Å². The summed E-state index contributed by atoms with van der Waals surface area (Å²) in [5.41, 5.74) is 0.927. The molecule has 3 nitrogen and oxygen atoms in total. The summed E-state index contributed by atoms with van der Waals surface area (Å²) in [6.07, 6.45) is 2.61. The summed E-state index contributed by atoms with van der Waals surface area (Å²) < 4.78 is 6.41. The second-order valence-corrected chi connectivity index (χ2v) is 5.60. The minimum Gasteiger partial charge on any atom is -0.506 e.